The van der Waals surface area contributed by atoms with Crippen molar-refractivity contribution in [2.24, 2.45) is 0 Å². The van der Waals surface area contributed by atoms with Crippen LogP contribution in [-0.2, 0) is 0 Å². The van der Waals surface area contributed by atoms with Crippen LogP contribution < -0.4 is 5.73 Å². The normalized spacial score (nSPS) is 10.2. The summed E-state index contributed by atoms with van der Waals surface area (Å²) in [7, 11) is 0. The minimum atomic E-state index is -0.478. The molecule has 0 spiro atoms. The molecule has 86 valence electrons. The lowest BCUT2D eigenvalue weighted by Gasteiger charge is -2.05. The van der Waals surface area contributed by atoms with Crippen molar-refractivity contribution >= 4 is 11.5 Å². The summed E-state index contributed by atoms with van der Waals surface area (Å²) in [6.07, 6.45) is 3.17. The Balaban J connectivity index is 2.70. The first kappa shape index (κ1) is 11.0. The van der Waals surface area contributed by atoms with Gasteiger partial charge >= 0.3 is 0 Å². The molecular weight excluding hydrogens is 220 g/mol. The van der Waals surface area contributed by atoms with E-state index in [0.29, 0.717) is 5.56 Å². The van der Waals surface area contributed by atoms with Gasteiger partial charge in [0.25, 0.3) is 5.69 Å². The number of anilines is 1. The molecule has 17 heavy (non-hydrogen) atoms. The van der Waals surface area contributed by atoms with E-state index in [2.05, 4.69) is 9.97 Å². The number of aryl methyl sites for hydroxylation is 1. The van der Waals surface area contributed by atoms with Crippen LogP contribution in [0.3, 0.4) is 0 Å². The second-order valence-electron chi connectivity index (χ2n) is 3.55. The predicted molar refractivity (Wildman–Crippen MR) is 63.3 cm³/mol. The largest absolute Gasteiger partial charge is 0.384 e. The van der Waals surface area contributed by atoms with Crippen LogP contribution in [0.5, 0.6) is 0 Å². The van der Waals surface area contributed by atoms with Crippen LogP contribution in [0.25, 0.3) is 11.3 Å². The van der Waals surface area contributed by atoms with Crippen molar-refractivity contribution < 1.29 is 4.92 Å². The van der Waals surface area contributed by atoms with Crippen molar-refractivity contribution in [2.75, 3.05) is 5.73 Å². The van der Waals surface area contributed by atoms with Gasteiger partial charge in [-0.3, -0.25) is 15.1 Å². The van der Waals surface area contributed by atoms with Crippen molar-refractivity contribution in [3.05, 3.63) is 46.3 Å². The van der Waals surface area contributed by atoms with Crippen molar-refractivity contribution in [3.8, 4) is 11.3 Å². The van der Waals surface area contributed by atoms with Crippen LogP contribution in [0.4, 0.5) is 11.5 Å². The zero-order valence-corrected chi connectivity index (χ0v) is 9.12. The molecule has 0 aliphatic rings. The molecule has 2 rings (SSSR count). The van der Waals surface area contributed by atoms with Crippen LogP contribution in [0.1, 0.15) is 5.56 Å². The van der Waals surface area contributed by atoms with E-state index in [1.54, 1.807) is 18.5 Å². The lowest BCUT2D eigenvalue weighted by Crippen LogP contribution is -1.99. The highest BCUT2D eigenvalue weighted by atomic mass is 16.6. The van der Waals surface area contributed by atoms with E-state index in [4.69, 9.17) is 5.73 Å². The van der Waals surface area contributed by atoms with Crippen molar-refractivity contribution in [1.29, 1.82) is 0 Å². The molecule has 0 aliphatic carbocycles. The molecule has 0 fully saturated rings. The molecular formula is C11H10N4O2. The SMILES string of the molecule is Cc1ccncc1-c1nc(N)ccc1[N+](=O)[O-]. The standard InChI is InChI=1S/C11H10N4O2/c1-7-4-5-13-6-8(7)11-9(15(16)17)2-3-10(12)14-11/h2-6H,1H3,(H2,12,14). The average Bonchev–Trinajstić information content (AvgIpc) is 2.29. The van der Waals surface area contributed by atoms with Crippen molar-refractivity contribution in [2.45, 2.75) is 6.92 Å². The quantitative estimate of drug-likeness (QED) is 0.628. The molecule has 0 amide bonds. The molecule has 0 bridgehead atoms. The van der Waals surface area contributed by atoms with E-state index >= 15 is 0 Å². The Morgan fingerprint density at radius 1 is 1.35 bits per heavy atom. The predicted octanol–water partition coefficient (Wildman–Crippen LogP) is 1.94. The number of nitrogen functional groups attached to an aromatic ring is 1. The van der Waals surface area contributed by atoms with Gasteiger partial charge in [-0.15, -0.1) is 0 Å². The summed E-state index contributed by atoms with van der Waals surface area (Å²) >= 11 is 0. The fraction of sp³-hybridized carbons (Fsp3) is 0.0909. The Morgan fingerprint density at radius 2 is 2.12 bits per heavy atom. The van der Waals surface area contributed by atoms with Crippen LogP contribution in [-0.4, -0.2) is 14.9 Å². The molecule has 0 atom stereocenters. The molecule has 0 aromatic carbocycles. The lowest BCUT2D eigenvalue weighted by molar-refractivity contribution is -0.384. The van der Waals surface area contributed by atoms with Gasteiger partial charge in [-0.05, 0) is 24.6 Å². The zero-order valence-electron chi connectivity index (χ0n) is 9.12. The Morgan fingerprint density at radius 3 is 2.76 bits per heavy atom. The first-order chi connectivity index (χ1) is 8.09. The molecule has 2 heterocycles. The minimum absolute atomic E-state index is 0.0738. The summed E-state index contributed by atoms with van der Waals surface area (Å²) in [6.45, 7) is 1.84. The summed E-state index contributed by atoms with van der Waals surface area (Å²) < 4.78 is 0. The summed E-state index contributed by atoms with van der Waals surface area (Å²) in [5.74, 6) is 0.244. The van der Waals surface area contributed by atoms with Gasteiger partial charge in [-0.1, -0.05) is 0 Å². The molecule has 0 radical (unpaired) electrons. The fourth-order valence-electron chi connectivity index (χ4n) is 1.52. The molecule has 0 unspecified atom stereocenters. The highest BCUT2D eigenvalue weighted by molar-refractivity contribution is 5.72. The monoisotopic (exact) mass is 230 g/mol. The number of nitro groups is 1. The number of aromatic nitrogens is 2. The second-order valence-corrected chi connectivity index (χ2v) is 3.55. The second kappa shape index (κ2) is 4.17. The van der Waals surface area contributed by atoms with Gasteiger partial charge in [-0.2, -0.15) is 0 Å². The van der Waals surface area contributed by atoms with E-state index in [-0.39, 0.29) is 17.2 Å². The van der Waals surface area contributed by atoms with Gasteiger partial charge in [0.2, 0.25) is 0 Å². The fourth-order valence-corrected chi connectivity index (χ4v) is 1.52. The first-order valence-corrected chi connectivity index (χ1v) is 4.91. The number of pyridine rings is 2. The molecule has 0 saturated carbocycles. The topological polar surface area (TPSA) is 94.9 Å². The number of rotatable bonds is 2. The maximum Gasteiger partial charge on any atom is 0.295 e. The number of hydrogen-bond donors (Lipinski definition) is 1. The third kappa shape index (κ3) is 2.05. The summed E-state index contributed by atoms with van der Waals surface area (Å²) in [6, 6.07) is 4.53. The van der Waals surface area contributed by atoms with Crippen LogP contribution in [0.15, 0.2) is 30.6 Å². The zero-order chi connectivity index (χ0) is 12.4. The third-order valence-corrected chi connectivity index (χ3v) is 2.39. The van der Waals surface area contributed by atoms with Gasteiger partial charge < -0.3 is 5.73 Å². The summed E-state index contributed by atoms with van der Waals surface area (Å²) in [5, 5.41) is 10.9. The van der Waals surface area contributed by atoms with Gasteiger partial charge in [-0.25, -0.2) is 4.98 Å². The van der Waals surface area contributed by atoms with Gasteiger partial charge in [0.15, 0.2) is 5.69 Å². The number of nitrogens with zero attached hydrogens (tertiary/aromatic N) is 3. The third-order valence-electron chi connectivity index (χ3n) is 2.39. The van der Waals surface area contributed by atoms with E-state index in [0.717, 1.165) is 5.56 Å². The highest BCUT2D eigenvalue weighted by Gasteiger charge is 2.18. The Hall–Kier alpha value is -2.50. The number of nitrogens with two attached hydrogens (primary N) is 1. The highest BCUT2D eigenvalue weighted by Crippen LogP contribution is 2.30. The summed E-state index contributed by atoms with van der Waals surface area (Å²) in [5.41, 5.74) is 7.22. The molecule has 6 nitrogen and oxygen atoms in total. The van der Waals surface area contributed by atoms with E-state index in [9.17, 15) is 10.1 Å². The van der Waals surface area contributed by atoms with E-state index in [1.807, 2.05) is 6.92 Å². The Bertz CT molecular complexity index is 583. The molecule has 2 N–H and O–H groups in total. The first-order valence-electron chi connectivity index (χ1n) is 4.91. The molecule has 2 aromatic heterocycles. The van der Waals surface area contributed by atoms with E-state index in [1.165, 1.54) is 12.1 Å². The average molecular weight is 230 g/mol. The van der Waals surface area contributed by atoms with Crippen LogP contribution in [0.2, 0.25) is 0 Å². The molecule has 0 aliphatic heterocycles. The van der Waals surface area contributed by atoms with Gasteiger partial charge in [0.1, 0.15) is 5.82 Å². The van der Waals surface area contributed by atoms with Crippen molar-refractivity contribution in [1.82, 2.24) is 9.97 Å². The van der Waals surface area contributed by atoms with E-state index < -0.39 is 4.92 Å². The Labute approximate surface area is 97.3 Å². The molecule has 6 heteroatoms. The maximum atomic E-state index is 10.9. The van der Waals surface area contributed by atoms with Crippen LogP contribution in [0, 0.1) is 17.0 Å². The summed E-state index contributed by atoms with van der Waals surface area (Å²) in [4.78, 5) is 18.4. The Kier molecular flexibility index (Phi) is 2.70. The van der Waals surface area contributed by atoms with Gasteiger partial charge in [0, 0.05) is 24.0 Å². The lowest BCUT2D eigenvalue weighted by atomic mass is 10.1. The van der Waals surface area contributed by atoms with Crippen molar-refractivity contribution in [3.63, 3.8) is 0 Å². The number of hydrogen-bond acceptors (Lipinski definition) is 5. The smallest absolute Gasteiger partial charge is 0.295 e. The molecule has 2 aromatic rings. The van der Waals surface area contributed by atoms with Crippen LogP contribution >= 0.6 is 0 Å². The minimum Gasteiger partial charge on any atom is -0.384 e. The molecule has 0 saturated heterocycles. The maximum absolute atomic E-state index is 10.9. The van der Waals surface area contributed by atoms with Gasteiger partial charge in [0.05, 0.1) is 4.92 Å².